The Balaban J connectivity index is 2.32. The second kappa shape index (κ2) is 5.03. The molecule has 0 saturated carbocycles. The van der Waals surface area contributed by atoms with Gasteiger partial charge < -0.3 is 4.74 Å². The highest BCUT2D eigenvalue weighted by Gasteiger charge is 2.03. The number of nitrogens with zero attached hydrogens (tertiary/aromatic N) is 1. The summed E-state index contributed by atoms with van der Waals surface area (Å²) in [5, 5.41) is 0. The van der Waals surface area contributed by atoms with Gasteiger partial charge in [-0.1, -0.05) is 18.2 Å². The van der Waals surface area contributed by atoms with Crippen LogP contribution < -0.4 is 4.74 Å². The summed E-state index contributed by atoms with van der Waals surface area (Å²) in [4.78, 5) is 25.1. The number of aldehydes is 2. The van der Waals surface area contributed by atoms with Gasteiger partial charge in [-0.2, -0.15) is 0 Å². The normalized spacial score (nSPS) is 9.65. The first-order valence-electron chi connectivity index (χ1n) is 4.97. The van der Waals surface area contributed by atoms with Crippen LogP contribution >= 0.6 is 0 Å². The van der Waals surface area contributed by atoms with Gasteiger partial charge in [-0.3, -0.25) is 9.59 Å². The van der Waals surface area contributed by atoms with E-state index in [2.05, 4.69) is 4.98 Å². The first kappa shape index (κ1) is 11.0. The van der Waals surface area contributed by atoms with Crippen molar-refractivity contribution in [3.05, 3.63) is 53.9 Å². The number of ether oxygens (including phenoxy) is 1. The number of carbonyl (C=O) groups excluding carboxylic acids is 2. The van der Waals surface area contributed by atoms with Crippen molar-refractivity contribution in [1.82, 2.24) is 4.98 Å². The number of hydrogen-bond donors (Lipinski definition) is 0. The third-order valence-corrected chi connectivity index (χ3v) is 2.06. The van der Waals surface area contributed by atoms with E-state index >= 15 is 0 Å². The van der Waals surface area contributed by atoms with E-state index < -0.39 is 0 Å². The predicted octanol–water partition coefficient (Wildman–Crippen LogP) is 2.50. The molecule has 0 radical (unpaired) electrons. The van der Waals surface area contributed by atoms with E-state index in [4.69, 9.17) is 4.74 Å². The summed E-state index contributed by atoms with van der Waals surface area (Å²) >= 11 is 0. The minimum absolute atomic E-state index is 0.167. The number of pyridine rings is 1. The van der Waals surface area contributed by atoms with Gasteiger partial charge in [0.05, 0.1) is 0 Å². The average Bonchev–Trinajstić information content (AvgIpc) is 2.39. The lowest BCUT2D eigenvalue weighted by molar-refractivity contribution is 0.111. The summed E-state index contributed by atoms with van der Waals surface area (Å²) in [6.45, 7) is 0. The smallest absolute Gasteiger partial charge is 0.168 e. The minimum Gasteiger partial charge on any atom is -0.457 e. The molecule has 0 amide bonds. The van der Waals surface area contributed by atoms with Gasteiger partial charge in [-0.05, 0) is 12.1 Å². The Morgan fingerprint density at radius 3 is 2.00 bits per heavy atom. The Kier molecular flexibility index (Phi) is 3.25. The summed E-state index contributed by atoms with van der Waals surface area (Å²) < 4.78 is 5.51. The molecule has 4 nitrogen and oxygen atoms in total. The van der Waals surface area contributed by atoms with Crippen LogP contribution in [0.2, 0.25) is 0 Å². The maximum absolute atomic E-state index is 10.6. The number of benzene rings is 1. The maximum Gasteiger partial charge on any atom is 0.168 e. The van der Waals surface area contributed by atoms with Crippen LogP contribution in [0.4, 0.5) is 0 Å². The Bertz CT molecular complexity index is 511. The molecular formula is C13H9NO3. The second-order valence-electron chi connectivity index (χ2n) is 3.30. The van der Waals surface area contributed by atoms with Crippen molar-refractivity contribution >= 4 is 12.6 Å². The third kappa shape index (κ3) is 2.75. The fourth-order valence-electron chi connectivity index (χ4n) is 1.35. The van der Waals surface area contributed by atoms with Crippen molar-refractivity contribution in [2.75, 3.05) is 0 Å². The molecule has 0 fully saturated rings. The van der Waals surface area contributed by atoms with E-state index in [1.54, 1.807) is 12.1 Å². The zero-order valence-corrected chi connectivity index (χ0v) is 8.87. The van der Waals surface area contributed by atoms with E-state index in [1.165, 1.54) is 12.1 Å². The van der Waals surface area contributed by atoms with E-state index in [9.17, 15) is 9.59 Å². The van der Waals surface area contributed by atoms with Gasteiger partial charge in [0, 0.05) is 12.1 Å². The average molecular weight is 227 g/mol. The Morgan fingerprint density at radius 2 is 1.47 bits per heavy atom. The number of carbonyl (C=O) groups is 2. The van der Waals surface area contributed by atoms with Crippen LogP contribution in [0.15, 0.2) is 42.5 Å². The minimum atomic E-state index is 0.167. The molecule has 1 aromatic heterocycles. The molecule has 0 aliphatic heterocycles. The first-order chi connectivity index (χ1) is 8.31. The molecule has 4 heteroatoms. The molecule has 0 unspecified atom stereocenters. The van der Waals surface area contributed by atoms with E-state index in [-0.39, 0.29) is 11.4 Å². The molecule has 84 valence electrons. The molecule has 0 aliphatic rings. The Labute approximate surface area is 97.9 Å². The monoisotopic (exact) mass is 227 g/mol. The van der Waals surface area contributed by atoms with Gasteiger partial charge in [0.25, 0.3) is 0 Å². The van der Waals surface area contributed by atoms with Crippen LogP contribution in [0.3, 0.4) is 0 Å². The molecular weight excluding hydrogens is 218 g/mol. The van der Waals surface area contributed by atoms with Crippen molar-refractivity contribution < 1.29 is 14.3 Å². The van der Waals surface area contributed by atoms with E-state index in [0.29, 0.717) is 24.1 Å². The SMILES string of the molecule is O=Cc1cc(Oc2ccccc2)cc(C=O)n1. The maximum atomic E-state index is 10.6. The zero-order valence-electron chi connectivity index (χ0n) is 8.87. The van der Waals surface area contributed by atoms with Gasteiger partial charge in [-0.25, -0.2) is 4.98 Å². The Morgan fingerprint density at radius 1 is 0.882 bits per heavy atom. The van der Waals surface area contributed by atoms with Crippen LogP contribution in [0.5, 0.6) is 11.5 Å². The molecule has 0 atom stereocenters. The highest BCUT2D eigenvalue weighted by molar-refractivity contribution is 5.78. The zero-order chi connectivity index (χ0) is 12.1. The molecule has 17 heavy (non-hydrogen) atoms. The number of rotatable bonds is 4. The van der Waals surface area contributed by atoms with Crippen LogP contribution in [0, 0.1) is 0 Å². The van der Waals surface area contributed by atoms with E-state index in [0.717, 1.165) is 0 Å². The fourth-order valence-corrected chi connectivity index (χ4v) is 1.35. The van der Waals surface area contributed by atoms with Crippen molar-refractivity contribution in [3.63, 3.8) is 0 Å². The van der Waals surface area contributed by atoms with Crippen LogP contribution in [0.25, 0.3) is 0 Å². The standard InChI is InChI=1S/C13H9NO3/c15-8-10-6-13(7-11(9-16)14-10)17-12-4-2-1-3-5-12/h1-9H. The molecule has 0 spiro atoms. The molecule has 0 saturated heterocycles. The topological polar surface area (TPSA) is 56.3 Å². The van der Waals surface area contributed by atoms with Gasteiger partial charge in [0.2, 0.25) is 0 Å². The van der Waals surface area contributed by atoms with Gasteiger partial charge in [0.15, 0.2) is 12.6 Å². The Hall–Kier alpha value is -2.49. The van der Waals surface area contributed by atoms with Crippen molar-refractivity contribution in [3.8, 4) is 11.5 Å². The lowest BCUT2D eigenvalue weighted by Crippen LogP contribution is -1.95. The van der Waals surface area contributed by atoms with Gasteiger partial charge in [0.1, 0.15) is 22.9 Å². The number of para-hydroxylation sites is 1. The van der Waals surface area contributed by atoms with Crippen LogP contribution in [0.1, 0.15) is 21.0 Å². The second-order valence-corrected chi connectivity index (χ2v) is 3.30. The quantitative estimate of drug-likeness (QED) is 0.753. The third-order valence-electron chi connectivity index (χ3n) is 2.06. The molecule has 2 aromatic rings. The van der Waals surface area contributed by atoms with Crippen molar-refractivity contribution in [2.45, 2.75) is 0 Å². The molecule has 1 heterocycles. The summed E-state index contributed by atoms with van der Waals surface area (Å²) in [7, 11) is 0. The molecule has 2 rings (SSSR count). The van der Waals surface area contributed by atoms with Gasteiger partial charge in [-0.15, -0.1) is 0 Å². The number of aromatic nitrogens is 1. The van der Waals surface area contributed by atoms with Crippen LogP contribution in [-0.4, -0.2) is 17.6 Å². The summed E-state index contributed by atoms with van der Waals surface area (Å²) in [5.41, 5.74) is 0.334. The lowest BCUT2D eigenvalue weighted by atomic mass is 10.3. The molecule has 1 aromatic carbocycles. The van der Waals surface area contributed by atoms with E-state index in [1.807, 2.05) is 18.2 Å². The molecule has 0 bridgehead atoms. The fraction of sp³-hybridized carbons (Fsp3) is 0. The van der Waals surface area contributed by atoms with Gasteiger partial charge >= 0.3 is 0 Å². The van der Waals surface area contributed by atoms with Crippen LogP contribution in [-0.2, 0) is 0 Å². The highest BCUT2D eigenvalue weighted by atomic mass is 16.5. The summed E-state index contributed by atoms with van der Waals surface area (Å²) in [6.07, 6.45) is 1.15. The summed E-state index contributed by atoms with van der Waals surface area (Å²) in [5.74, 6) is 1.04. The molecule has 0 aliphatic carbocycles. The highest BCUT2D eigenvalue weighted by Crippen LogP contribution is 2.21. The largest absolute Gasteiger partial charge is 0.457 e. The number of hydrogen-bond acceptors (Lipinski definition) is 4. The summed E-state index contributed by atoms with van der Waals surface area (Å²) in [6, 6.07) is 12.0. The lowest BCUT2D eigenvalue weighted by Gasteiger charge is -2.06. The van der Waals surface area contributed by atoms with Crippen molar-refractivity contribution in [2.24, 2.45) is 0 Å². The van der Waals surface area contributed by atoms with Crippen molar-refractivity contribution in [1.29, 1.82) is 0 Å². The molecule has 0 N–H and O–H groups in total. The first-order valence-corrected chi connectivity index (χ1v) is 4.97. The predicted molar refractivity (Wildman–Crippen MR) is 61.5 cm³/mol.